The smallest absolute Gasteiger partial charge is 0.287 e. The predicted molar refractivity (Wildman–Crippen MR) is 65.3 cm³/mol. The molecule has 0 aromatic carbocycles. The molecule has 98 valence electrons. The Bertz CT molecular complexity index is 627. The van der Waals surface area contributed by atoms with E-state index in [0.29, 0.717) is 0 Å². The van der Waals surface area contributed by atoms with Crippen LogP contribution in [0.3, 0.4) is 0 Å². The second-order valence-corrected chi connectivity index (χ2v) is 3.51. The van der Waals surface area contributed by atoms with Crippen LogP contribution in [0.2, 0.25) is 0 Å². The van der Waals surface area contributed by atoms with E-state index in [1.54, 1.807) is 6.07 Å². The van der Waals surface area contributed by atoms with Gasteiger partial charge in [0.15, 0.2) is 0 Å². The fourth-order valence-corrected chi connectivity index (χ4v) is 1.31. The third-order valence-corrected chi connectivity index (χ3v) is 2.16. The number of carbonyl (C=O) groups excluding carboxylic acids is 1. The van der Waals surface area contributed by atoms with Crippen LogP contribution in [-0.2, 0) is 11.3 Å². The lowest BCUT2D eigenvalue weighted by atomic mass is 10.2. The van der Waals surface area contributed by atoms with Crippen molar-refractivity contribution in [3.05, 3.63) is 50.9 Å². The second kappa shape index (κ2) is 6.11. The number of hydrogen-bond donors (Lipinski definition) is 1. The van der Waals surface area contributed by atoms with Gasteiger partial charge in [-0.3, -0.25) is 24.3 Å². The lowest BCUT2D eigenvalue weighted by Gasteiger charge is -2.06. The standard InChI is InChI=1S/C11H10N4O4/c1-2-3-13-10(16)7-14-6-9(15(18)19)4-8(5-12)11(14)17/h2,4,6H,1,3,7H2,(H,13,16). The Balaban J connectivity index is 3.13. The number of amides is 1. The maximum Gasteiger partial charge on any atom is 0.287 e. The summed E-state index contributed by atoms with van der Waals surface area (Å²) in [5, 5.41) is 21.8. The van der Waals surface area contributed by atoms with Crippen molar-refractivity contribution in [3.8, 4) is 6.07 Å². The van der Waals surface area contributed by atoms with Crippen molar-refractivity contribution in [3.63, 3.8) is 0 Å². The first-order valence-electron chi connectivity index (χ1n) is 5.16. The molecule has 1 N–H and O–H groups in total. The largest absolute Gasteiger partial charge is 0.351 e. The highest BCUT2D eigenvalue weighted by Crippen LogP contribution is 2.09. The molecule has 0 bridgehead atoms. The van der Waals surface area contributed by atoms with Gasteiger partial charge in [-0.25, -0.2) is 0 Å². The summed E-state index contributed by atoms with van der Waals surface area (Å²) >= 11 is 0. The molecule has 0 aliphatic heterocycles. The molecule has 8 heteroatoms. The topological polar surface area (TPSA) is 118 Å². The van der Waals surface area contributed by atoms with Crippen molar-refractivity contribution in [1.82, 2.24) is 9.88 Å². The van der Waals surface area contributed by atoms with Crippen LogP contribution in [-0.4, -0.2) is 21.9 Å². The Hall–Kier alpha value is -2.95. The Labute approximate surface area is 107 Å². The van der Waals surface area contributed by atoms with E-state index in [9.17, 15) is 19.7 Å². The van der Waals surface area contributed by atoms with Gasteiger partial charge in [0.25, 0.3) is 11.2 Å². The molecule has 0 saturated carbocycles. The average molecular weight is 262 g/mol. The van der Waals surface area contributed by atoms with Gasteiger partial charge in [-0.1, -0.05) is 6.08 Å². The summed E-state index contributed by atoms with van der Waals surface area (Å²) < 4.78 is 0.828. The van der Waals surface area contributed by atoms with Crippen LogP contribution in [0.15, 0.2) is 29.7 Å². The monoisotopic (exact) mass is 262 g/mol. The van der Waals surface area contributed by atoms with Crippen molar-refractivity contribution in [2.45, 2.75) is 6.54 Å². The van der Waals surface area contributed by atoms with E-state index in [0.717, 1.165) is 16.8 Å². The zero-order chi connectivity index (χ0) is 14.4. The number of nitrogens with one attached hydrogen (secondary N) is 1. The van der Waals surface area contributed by atoms with Crippen LogP contribution in [0, 0.1) is 21.4 Å². The van der Waals surface area contributed by atoms with Gasteiger partial charge in [0, 0.05) is 12.6 Å². The number of hydrogen-bond acceptors (Lipinski definition) is 5. The highest BCUT2D eigenvalue weighted by atomic mass is 16.6. The van der Waals surface area contributed by atoms with E-state index in [4.69, 9.17) is 5.26 Å². The quantitative estimate of drug-likeness (QED) is 0.452. The van der Waals surface area contributed by atoms with Crippen molar-refractivity contribution < 1.29 is 9.72 Å². The second-order valence-electron chi connectivity index (χ2n) is 3.51. The molecule has 0 spiro atoms. The summed E-state index contributed by atoms with van der Waals surface area (Å²) in [4.78, 5) is 33.1. The molecule has 1 aromatic heterocycles. The zero-order valence-electron chi connectivity index (χ0n) is 9.83. The molecule has 0 fully saturated rings. The van der Waals surface area contributed by atoms with Gasteiger partial charge in [-0.05, 0) is 0 Å². The number of rotatable bonds is 5. The van der Waals surface area contributed by atoms with Crippen molar-refractivity contribution >= 4 is 11.6 Å². The van der Waals surface area contributed by atoms with Crippen molar-refractivity contribution in [2.24, 2.45) is 0 Å². The number of nitro groups is 1. The lowest BCUT2D eigenvalue weighted by molar-refractivity contribution is -0.385. The molecule has 0 atom stereocenters. The highest BCUT2D eigenvalue weighted by Gasteiger charge is 2.15. The van der Waals surface area contributed by atoms with Crippen molar-refractivity contribution in [2.75, 3.05) is 6.54 Å². The van der Waals surface area contributed by atoms with Crippen LogP contribution >= 0.6 is 0 Å². The SMILES string of the molecule is C=CCNC(=O)Cn1cc([N+](=O)[O-])cc(C#N)c1=O. The van der Waals surface area contributed by atoms with Gasteiger partial charge >= 0.3 is 0 Å². The highest BCUT2D eigenvalue weighted by molar-refractivity contribution is 5.75. The molecule has 0 aliphatic carbocycles. The average Bonchev–Trinajstić information content (AvgIpc) is 2.38. The van der Waals surface area contributed by atoms with Gasteiger partial charge < -0.3 is 5.32 Å². The summed E-state index contributed by atoms with van der Waals surface area (Å²) in [7, 11) is 0. The molecular formula is C11H10N4O4. The van der Waals surface area contributed by atoms with E-state index in [1.165, 1.54) is 6.08 Å². The molecule has 1 amide bonds. The Morgan fingerprint density at radius 3 is 2.89 bits per heavy atom. The van der Waals surface area contributed by atoms with E-state index >= 15 is 0 Å². The van der Waals surface area contributed by atoms with E-state index in [1.807, 2.05) is 0 Å². The maximum atomic E-state index is 11.7. The van der Waals surface area contributed by atoms with Crippen LogP contribution in [0.5, 0.6) is 0 Å². The van der Waals surface area contributed by atoms with Gasteiger partial charge in [0.1, 0.15) is 18.2 Å². The molecule has 0 saturated heterocycles. The van der Waals surface area contributed by atoms with Gasteiger partial charge in [0.2, 0.25) is 5.91 Å². The van der Waals surface area contributed by atoms with Crippen LogP contribution in [0.4, 0.5) is 5.69 Å². The molecule has 0 aliphatic rings. The molecule has 19 heavy (non-hydrogen) atoms. The molecule has 1 aromatic rings. The van der Waals surface area contributed by atoms with Gasteiger partial charge in [-0.15, -0.1) is 6.58 Å². The van der Waals surface area contributed by atoms with Crippen LogP contribution in [0.1, 0.15) is 5.56 Å². The number of carbonyl (C=O) groups is 1. The lowest BCUT2D eigenvalue weighted by Crippen LogP contribution is -2.33. The number of nitriles is 1. The molecule has 1 heterocycles. The third-order valence-electron chi connectivity index (χ3n) is 2.16. The Kier molecular flexibility index (Phi) is 4.54. The summed E-state index contributed by atoms with van der Waals surface area (Å²) in [6.45, 7) is 3.22. The zero-order valence-corrected chi connectivity index (χ0v) is 9.83. The summed E-state index contributed by atoms with van der Waals surface area (Å²) in [5.74, 6) is -0.508. The first kappa shape index (κ1) is 14.1. The third kappa shape index (κ3) is 3.50. The first-order valence-corrected chi connectivity index (χ1v) is 5.16. The molecule has 0 unspecified atom stereocenters. The van der Waals surface area contributed by atoms with E-state index < -0.39 is 28.6 Å². The number of nitrogens with zero attached hydrogens (tertiary/aromatic N) is 3. The van der Waals surface area contributed by atoms with Crippen LogP contribution in [0.25, 0.3) is 0 Å². The van der Waals surface area contributed by atoms with E-state index in [2.05, 4.69) is 11.9 Å². The summed E-state index contributed by atoms with van der Waals surface area (Å²) in [6.07, 6.45) is 2.38. The molecule has 0 radical (unpaired) electrons. The molecular weight excluding hydrogens is 252 g/mol. The normalized spacial score (nSPS) is 9.42. The van der Waals surface area contributed by atoms with Gasteiger partial charge in [-0.2, -0.15) is 5.26 Å². The Morgan fingerprint density at radius 1 is 1.68 bits per heavy atom. The fourth-order valence-electron chi connectivity index (χ4n) is 1.31. The minimum absolute atomic E-state index is 0.216. The first-order chi connectivity index (χ1) is 8.99. The van der Waals surface area contributed by atoms with Crippen molar-refractivity contribution in [1.29, 1.82) is 5.26 Å². The maximum absolute atomic E-state index is 11.7. The molecule has 1 rings (SSSR count). The fraction of sp³-hybridized carbons (Fsp3) is 0.182. The summed E-state index contributed by atoms with van der Waals surface area (Å²) in [6, 6.07) is 2.44. The minimum atomic E-state index is -0.748. The summed E-state index contributed by atoms with van der Waals surface area (Å²) in [5.41, 5.74) is -1.56. The number of pyridine rings is 1. The molecule has 8 nitrogen and oxygen atoms in total. The van der Waals surface area contributed by atoms with Gasteiger partial charge in [0.05, 0.1) is 11.1 Å². The minimum Gasteiger partial charge on any atom is -0.351 e. The number of aromatic nitrogens is 1. The van der Waals surface area contributed by atoms with E-state index in [-0.39, 0.29) is 12.1 Å². The van der Waals surface area contributed by atoms with Crippen LogP contribution < -0.4 is 10.9 Å². The Morgan fingerprint density at radius 2 is 2.37 bits per heavy atom. The predicted octanol–water partition coefficient (Wildman–Crippen LogP) is -0.0696.